The van der Waals surface area contributed by atoms with E-state index in [0.29, 0.717) is 5.56 Å². The van der Waals surface area contributed by atoms with Crippen LogP contribution >= 0.6 is 0 Å². The van der Waals surface area contributed by atoms with E-state index in [1.807, 2.05) is 0 Å². The molecule has 0 radical (unpaired) electrons. The van der Waals surface area contributed by atoms with Gasteiger partial charge in [0.05, 0.1) is 19.6 Å². The van der Waals surface area contributed by atoms with Crippen molar-refractivity contribution in [3.8, 4) is 0 Å². The van der Waals surface area contributed by atoms with Gasteiger partial charge in [-0.25, -0.2) is 4.79 Å². The lowest BCUT2D eigenvalue weighted by Crippen LogP contribution is -2.48. The van der Waals surface area contributed by atoms with Crippen molar-refractivity contribution >= 4 is 11.9 Å². The Hall–Kier alpha value is -1.88. The molecule has 0 spiro atoms. The number of ether oxygens (including phenoxy) is 2. The molecule has 1 aromatic rings. The van der Waals surface area contributed by atoms with Gasteiger partial charge < -0.3 is 15.2 Å². The Kier molecular flexibility index (Phi) is 5.51. The number of carbonyl (C=O) groups is 2. The molecule has 5 heteroatoms. The second-order valence-corrected chi connectivity index (χ2v) is 4.04. The van der Waals surface area contributed by atoms with Crippen LogP contribution in [0.5, 0.6) is 0 Å². The van der Waals surface area contributed by atoms with Crippen LogP contribution in [-0.2, 0) is 24.6 Å². The molecule has 1 aromatic carbocycles. The molecule has 0 amide bonds. The summed E-state index contributed by atoms with van der Waals surface area (Å²) in [6.07, 6.45) is -0.246. The first-order valence-electron chi connectivity index (χ1n) is 6.21. The Morgan fingerprint density at radius 2 is 1.68 bits per heavy atom. The van der Waals surface area contributed by atoms with Crippen molar-refractivity contribution in [1.29, 1.82) is 0 Å². The summed E-state index contributed by atoms with van der Waals surface area (Å²) < 4.78 is 9.83. The van der Waals surface area contributed by atoms with Gasteiger partial charge in [0.15, 0.2) is 5.54 Å². The van der Waals surface area contributed by atoms with E-state index in [9.17, 15) is 9.59 Å². The topological polar surface area (TPSA) is 78.6 Å². The van der Waals surface area contributed by atoms with Gasteiger partial charge in [0.2, 0.25) is 0 Å². The van der Waals surface area contributed by atoms with Gasteiger partial charge in [-0.3, -0.25) is 4.79 Å². The van der Waals surface area contributed by atoms with Crippen LogP contribution in [0.15, 0.2) is 30.3 Å². The van der Waals surface area contributed by atoms with Gasteiger partial charge >= 0.3 is 11.9 Å². The van der Waals surface area contributed by atoms with Crippen LogP contribution < -0.4 is 5.73 Å². The first kappa shape index (κ1) is 15.2. The average Bonchev–Trinajstić information content (AvgIpc) is 2.40. The van der Waals surface area contributed by atoms with Crippen LogP contribution in [-0.4, -0.2) is 25.2 Å². The summed E-state index contributed by atoms with van der Waals surface area (Å²) in [4.78, 5) is 23.7. The van der Waals surface area contributed by atoms with Crippen LogP contribution in [0.4, 0.5) is 0 Å². The highest BCUT2D eigenvalue weighted by molar-refractivity contribution is 5.88. The third-order valence-electron chi connectivity index (χ3n) is 2.66. The van der Waals surface area contributed by atoms with Gasteiger partial charge in [-0.1, -0.05) is 30.3 Å². The number of hydrogen-bond donors (Lipinski definition) is 1. The van der Waals surface area contributed by atoms with Crippen molar-refractivity contribution in [2.75, 3.05) is 13.2 Å². The Bertz CT molecular complexity index is 432. The lowest BCUT2D eigenvalue weighted by atomic mass is 9.87. The SMILES string of the molecule is CCOC(=O)CC(N)(C(=O)OCC)c1ccccc1. The molecule has 1 rings (SSSR count). The number of esters is 2. The van der Waals surface area contributed by atoms with Crippen molar-refractivity contribution in [2.45, 2.75) is 25.8 Å². The molecule has 5 nitrogen and oxygen atoms in total. The quantitative estimate of drug-likeness (QED) is 0.786. The highest BCUT2D eigenvalue weighted by atomic mass is 16.5. The Labute approximate surface area is 112 Å². The summed E-state index contributed by atoms with van der Waals surface area (Å²) in [5.74, 6) is -1.16. The largest absolute Gasteiger partial charge is 0.466 e. The molecule has 0 bridgehead atoms. The van der Waals surface area contributed by atoms with Crippen LogP contribution in [0.2, 0.25) is 0 Å². The first-order chi connectivity index (χ1) is 9.04. The molecule has 104 valence electrons. The number of nitrogens with two attached hydrogens (primary N) is 1. The lowest BCUT2D eigenvalue weighted by Gasteiger charge is -2.26. The molecule has 0 aliphatic rings. The maximum Gasteiger partial charge on any atom is 0.331 e. The molecule has 1 unspecified atom stereocenters. The highest BCUT2D eigenvalue weighted by Crippen LogP contribution is 2.24. The highest BCUT2D eigenvalue weighted by Gasteiger charge is 2.40. The Morgan fingerprint density at radius 1 is 1.11 bits per heavy atom. The second-order valence-electron chi connectivity index (χ2n) is 4.04. The maximum absolute atomic E-state index is 12.1. The summed E-state index contributed by atoms with van der Waals surface area (Å²) >= 11 is 0. The van der Waals surface area contributed by atoms with Gasteiger partial charge in [0.25, 0.3) is 0 Å². The van der Waals surface area contributed by atoms with E-state index in [0.717, 1.165) is 0 Å². The molecule has 0 aliphatic carbocycles. The van der Waals surface area contributed by atoms with Gasteiger partial charge in [-0.2, -0.15) is 0 Å². The van der Waals surface area contributed by atoms with Gasteiger partial charge in [-0.05, 0) is 19.4 Å². The predicted molar refractivity (Wildman–Crippen MR) is 70.2 cm³/mol. The molecule has 2 N–H and O–H groups in total. The van der Waals surface area contributed by atoms with Crippen molar-refractivity contribution in [3.05, 3.63) is 35.9 Å². The minimum absolute atomic E-state index is 0.202. The smallest absolute Gasteiger partial charge is 0.331 e. The van der Waals surface area contributed by atoms with Crippen LogP contribution in [0.3, 0.4) is 0 Å². The number of benzene rings is 1. The van der Waals surface area contributed by atoms with Gasteiger partial charge in [0, 0.05) is 0 Å². The number of carbonyl (C=O) groups excluding carboxylic acids is 2. The van der Waals surface area contributed by atoms with Crippen LogP contribution in [0, 0.1) is 0 Å². The molecule has 0 heterocycles. The number of rotatable bonds is 6. The van der Waals surface area contributed by atoms with E-state index in [2.05, 4.69) is 0 Å². The molecule has 0 aliphatic heterocycles. The number of hydrogen-bond acceptors (Lipinski definition) is 5. The molecule has 0 fully saturated rings. The lowest BCUT2D eigenvalue weighted by molar-refractivity contribution is -0.156. The van der Waals surface area contributed by atoms with E-state index < -0.39 is 17.5 Å². The molecular weight excluding hydrogens is 246 g/mol. The molecule has 0 saturated carbocycles. The van der Waals surface area contributed by atoms with E-state index >= 15 is 0 Å². The van der Waals surface area contributed by atoms with Crippen molar-refractivity contribution in [3.63, 3.8) is 0 Å². The summed E-state index contributed by atoms with van der Waals surface area (Å²) in [7, 11) is 0. The monoisotopic (exact) mass is 265 g/mol. The fourth-order valence-corrected chi connectivity index (χ4v) is 1.73. The Balaban J connectivity index is 3.03. The zero-order valence-corrected chi connectivity index (χ0v) is 11.2. The third-order valence-corrected chi connectivity index (χ3v) is 2.66. The standard InChI is InChI=1S/C14H19NO4/c1-3-18-12(16)10-14(15,13(17)19-4-2)11-8-6-5-7-9-11/h5-9H,3-4,10,15H2,1-2H3. The zero-order valence-electron chi connectivity index (χ0n) is 11.2. The second kappa shape index (κ2) is 6.89. The van der Waals surface area contributed by atoms with Crippen molar-refractivity contribution in [2.24, 2.45) is 5.73 Å². The molecule has 0 saturated heterocycles. The Morgan fingerprint density at radius 3 is 2.21 bits per heavy atom. The van der Waals surface area contributed by atoms with E-state index in [1.54, 1.807) is 44.2 Å². The van der Waals surface area contributed by atoms with E-state index in [1.165, 1.54) is 0 Å². The first-order valence-corrected chi connectivity index (χ1v) is 6.21. The molecule has 0 aromatic heterocycles. The van der Waals surface area contributed by atoms with Crippen molar-refractivity contribution < 1.29 is 19.1 Å². The predicted octanol–water partition coefficient (Wildman–Crippen LogP) is 1.36. The van der Waals surface area contributed by atoms with Crippen LogP contribution in [0.25, 0.3) is 0 Å². The minimum atomic E-state index is -1.51. The van der Waals surface area contributed by atoms with E-state index in [-0.39, 0.29) is 19.6 Å². The molecule has 1 atom stereocenters. The minimum Gasteiger partial charge on any atom is -0.466 e. The summed E-state index contributed by atoms with van der Waals surface area (Å²) in [6, 6.07) is 8.69. The maximum atomic E-state index is 12.1. The normalized spacial score (nSPS) is 13.4. The zero-order chi connectivity index (χ0) is 14.3. The van der Waals surface area contributed by atoms with Crippen molar-refractivity contribution in [1.82, 2.24) is 0 Å². The average molecular weight is 265 g/mol. The summed E-state index contributed by atoms with van der Waals surface area (Å²) in [5.41, 5.74) is 5.12. The fourth-order valence-electron chi connectivity index (χ4n) is 1.73. The van der Waals surface area contributed by atoms with Gasteiger partial charge in [-0.15, -0.1) is 0 Å². The third kappa shape index (κ3) is 3.79. The molecule has 19 heavy (non-hydrogen) atoms. The molecular formula is C14H19NO4. The summed E-state index contributed by atoms with van der Waals surface area (Å²) in [5, 5.41) is 0. The van der Waals surface area contributed by atoms with Gasteiger partial charge in [0.1, 0.15) is 0 Å². The van der Waals surface area contributed by atoms with E-state index in [4.69, 9.17) is 15.2 Å². The summed E-state index contributed by atoms with van der Waals surface area (Å²) in [6.45, 7) is 3.83. The fraction of sp³-hybridized carbons (Fsp3) is 0.429. The van der Waals surface area contributed by atoms with Crippen LogP contribution in [0.1, 0.15) is 25.8 Å².